The first-order valence-corrected chi connectivity index (χ1v) is 20.9. The number of rotatable bonds is 7. The van der Waals surface area contributed by atoms with E-state index >= 15 is 0 Å². The smallest absolute Gasteiger partial charge is 0.160 e. The molecular formula is C58H36N2O2. The summed E-state index contributed by atoms with van der Waals surface area (Å²) in [6, 6.07) is 76.2. The lowest BCUT2D eigenvalue weighted by Gasteiger charge is -2.13. The van der Waals surface area contributed by atoms with E-state index in [1.54, 1.807) is 0 Å². The molecule has 0 fully saturated rings. The van der Waals surface area contributed by atoms with Gasteiger partial charge in [0, 0.05) is 49.4 Å². The van der Waals surface area contributed by atoms with E-state index in [1.165, 1.54) is 11.1 Å². The fourth-order valence-electron chi connectivity index (χ4n) is 8.81. The zero-order chi connectivity index (χ0) is 41.0. The molecule has 62 heavy (non-hydrogen) atoms. The molecule has 0 bridgehead atoms. The lowest BCUT2D eigenvalue weighted by Crippen LogP contribution is -1.96. The average molecular weight is 793 g/mol. The summed E-state index contributed by atoms with van der Waals surface area (Å²) in [6.07, 6.45) is 0. The quantitative estimate of drug-likeness (QED) is 0.161. The van der Waals surface area contributed by atoms with Crippen molar-refractivity contribution in [1.29, 1.82) is 0 Å². The highest BCUT2D eigenvalue weighted by molar-refractivity contribution is 6.11. The van der Waals surface area contributed by atoms with Crippen molar-refractivity contribution in [3.63, 3.8) is 0 Å². The van der Waals surface area contributed by atoms with Gasteiger partial charge in [0.25, 0.3) is 0 Å². The number of hydrogen-bond acceptors (Lipinski definition) is 4. The van der Waals surface area contributed by atoms with Crippen LogP contribution in [-0.4, -0.2) is 9.97 Å². The van der Waals surface area contributed by atoms with E-state index in [1.807, 2.05) is 48.5 Å². The summed E-state index contributed by atoms with van der Waals surface area (Å²) in [7, 11) is 0. The van der Waals surface area contributed by atoms with E-state index in [0.29, 0.717) is 5.82 Å². The Morgan fingerprint density at radius 1 is 0.258 bits per heavy atom. The van der Waals surface area contributed by atoms with E-state index < -0.39 is 0 Å². The lowest BCUT2D eigenvalue weighted by atomic mass is 9.91. The van der Waals surface area contributed by atoms with Gasteiger partial charge in [0.1, 0.15) is 22.3 Å². The van der Waals surface area contributed by atoms with Crippen LogP contribution in [0, 0.1) is 0 Å². The van der Waals surface area contributed by atoms with Crippen molar-refractivity contribution in [3.8, 4) is 78.4 Å². The van der Waals surface area contributed by atoms with Crippen LogP contribution >= 0.6 is 0 Å². The van der Waals surface area contributed by atoms with Crippen LogP contribution in [0.25, 0.3) is 122 Å². The monoisotopic (exact) mass is 792 g/mol. The van der Waals surface area contributed by atoms with Crippen LogP contribution in [0.15, 0.2) is 227 Å². The summed E-state index contributed by atoms with van der Waals surface area (Å²) >= 11 is 0. The second-order valence-corrected chi connectivity index (χ2v) is 15.7. The molecule has 12 rings (SSSR count). The van der Waals surface area contributed by atoms with Crippen LogP contribution in [0.3, 0.4) is 0 Å². The van der Waals surface area contributed by atoms with Crippen molar-refractivity contribution >= 4 is 43.9 Å². The summed E-state index contributed by atoms with van der Waals surface area (Å²) in [5.41, 5.74) is 16.9. The van der Waals surface area contributed by atoms with E-state index in [-0.39, 0.29) is 0 Å². The molecule has 3 heterocycles. The first-order valence-electron chi connectivity index (χ1n) is 20.9. The molecule has 0 unspecified atom stereocenters. The largest absolute Gasteiger partial charge is 0.455 e. The number of benzene rings is 9. The molecule has 0 aliphatic rings. The Labute approximate surface area is 358 Å². The Bertz CT molecular complexity index is 3470. The van der Waals surface area contributed by atoms with Gasteiger partial charge in [-0.3, -0.25) is 0 Å². The summed E-state index contributed by atoms with van der Waals surface area (Å²) in [4.78, 5) is 10.2. The zero-order valence-corrected chi connectivity index (χ0v) is 33.5. The summed E-state index contributed by atoms with van der Waals surface area (Å²) in [5, 5.41) is 4.41. The van der Waals surface area contributed by atoms with Gasteiger partial charge in [-0.1, -0.05) is 182 Å². The van der Waals surface area contributed by atoms with E-state index in [0.717, 1.165) is 105 Å². The van der Waals surface area contributed by atoms with Gasteiger partial charge >= 0.3 is 0 Å². The van der Waals surface area contributed by atoms with Gasteiger partial charge in [-0.2, -0.15) is 0 Å². The molecule has 0 amide bonds. The van der Waals surface area contributed by atoms with Gasteiger partial charge in [-0.05, 0) is 69.8 Å². The number of aromatic nitrogens is 2. The Morgan fingerprint density at radius 2 is 0.645 bits per heavy atom. The van der Waals surface area contributed by atoms with Crippen LogP contribution in [0.1, 0.15) is 0 Å². The Kier molecular flexibility index (Phi) is 8.46. The predicted octanol–water partition coefficient (Wildman–Crippen LogP) is 15.9. The van der Waals surface area contributed by atoms with Gasteiger partial charge in [-0.15, -0.1) is 0 Å². The Morgan fingerprint density at radius 3 is 1.16 bits per heavy atom. The summed E-state index contributed by atoms with van der Waals surface area (Å²) < 4.78 is 13.2. The third-order valence-electron chi connectivity index (χ3n) is 11.9. The van der Waals surface area contributed by atoms with Gasteiger partial charge < -0.3 is 8.83 Å². The fraction of sp³-hybridized carbons (Fsp3) is 0. The molecule has 4 nitrogen and oxygen atoms in total. The second kappa shape index (κ2) is 14.7. The first kappa shape index (κ1) is 35.6. The topological polar surface area (TPSA) is 52.1 Å². The number of hydrogen-bond donors (Lipinski definition) is 0. The van der Waals surface area contributed by atoms with Crippen molar-refractivity contribution in [2.45, 2.75) is 0 Å². The van der Waals surface area contributed by atoms with Crippen LogP contribution in [0.5, 0.6) is 0 Å². The molecule has 12 aromatic rings. The predicted molar refractivity (Wildman–Crippen MR) is 255 cm³/mol. The first-order chi connectivity index (χ1) is 30.7. The van der Waals surface area contributed by atoms with Crippen molar-refractivity contribution in [3.05, 3.63) is 218 Å². The minimum absolute atomic E-state index is 0.686. The Hall–Kier alpha value is -8.34. The number of furan rings is 2. The molecule has 0 atom stereocenters. The minimum Gasteiger partial charge on any atom is -0.455 e. The molecule has 0 N–H and O–H groups in total. The molecule has 0 spiro atoms. The average Bonchev–Trinajstić information content (AvgIpc) is 3.93. The third-order valence-corrected chi connectivity index (χ3v) is 11.9. The van der Waals surface area contributed by atoms with Gasteiger partial charge in [0.05, 0.1) is 11.4 Å². The maximum absolute atomic E-state index is 6.58. The summed E-state index contributed by atoms with van der Waals surface area (Å²) in [5.74, 6) is 0.686. The summed E-state index contributed by atoms with van der Waals surface area (Å²) in [6.45, 7) is 0. The molecule has 4 heteroatoms. The van der Waals surface area contributed by atoms with Crippen LogP contribution in [0.4, 0.5) is 0 Å². The van der Waals surface area contributed by atoms with Crippen LogP contribution in [-0.2, 0) is 0 Å². The van der Waals surface area contributed by atoms with Crippen LogP contribution in [0.2, 0.25) is 0 Å². The molecule has 0 radical (unpaired) electrons. The maximum atomic E-state index is 6.58. The number of fused-ring (bicyclic) bond motifs is 6. The SMILES string of the molecule is c1ccc(-c2ccc(-c3cc(-c4ccc(-c5cc(-c6cccc7c6oc6ccccc67)cc(-c6cccc7c6oc6ccccc67)c5)cc4)nc(-c4ccccc4)n3)cc2)cc1. The standard InChI is InChI=1S/C58H36N2O2/c1-3-13-37(14-4-1)38-25-29-40(30-26-38)52-36-53(60-58(59-52)42-15-5-2-6-16-42)41-31-27-39(28-32-41)43-33-44(46-19-11-21-50-48-17-7-9-23-54(48)61-56(46)50)35-45(34-43)47-20-12-22-51-49-18-8-10-24-55(49)62-57(47)51/h1-36H. The second-order valence-electron chi connectivity index (χ2n) is 15.7. The van der Waals surface area contributed by atoms with E-state index in [9.17, 15) is 0 Å². The highest BCUT2D eigenvalue weighted by Crippen LogP contribution is 2.42. The van der Waals surface area contributed by atoms with Gasteiger partial charge in [-0.25, -0.2) is 9.97 Å². The number of para-hydroxylation sites is 4. The van der Waals surface area contributed by atoms with Gasteiger partial charge in [0.2, 0.25) is 0 Å². The molecular weight excluding hydrogens is 757 g/mol. The normalized spacial score (nSPS) is 11.5. The highest BCUT2D eigenvalue weighted by Gasteiger charge is 2.18. The van der Waals surface area contributed by atoms with Crippen molar-refractivity contribution in [2.75, 3.05) is 0 Å². The molecule has 0 aliphatic heterocycles. The highest BCUT2D eigenvalue weighted by atomic mass is 16.3. The third kappa shape index (κ3) is 6.25. The number of nitrogens with zero attached hydrogens (tertiary/aromatic N) is 2. The van der Waals surface area contributed by atoms with Crippen molar-refractivity contribution in [1.82, 2.24) is 9.97 Å². The lowest BCUT2D eigenvalue weighted by molar-refractivity contribution is 0.670. The Balaban J connectivity index is 0.988. The molecule has 0 aliphatic carbocycles. The van der Waals surface area contributed by atoms with Crippen molar-refractivity contribution < 1.29 is 8.83 Å². The van der Waals surface area contributed by atoms with Gasteiger partial charge in [0.15, 0.2) is 5.82 Å². The van der Waals surface area contributed by atoms with Crippen LogP contribution < -0.4 is 0 Å². The molecule has 3 aromatic heterocycles. The fourth-order valence-corrected chi connectivity index (χ4v) is 8.81. The van der Waals surface area contributed by atoms with E-state index in [4.69, 9.17) is 18.8 Å². The zero-order valence-electron chi connectivity index (χ0n) is 33.5. The molecule has 290 valence electrons. The molecule has 0 saturated heterocycles. The van der Waals surface area contributed by atoms with E-state index in [2.05, 4.69) is 170 Å². The molecule has 0 saturated carbocycles. The maximum Gasteiger partial charge on any atom is 0.160 e. The molecule has 9 aromatic carbocycles. The minimum atomic E-state index is 0.686. The van der Waals surface area contributed by atoms with Crippen molar-refractivity contribution in [2.24, 2.45) is 0 Å².